The molecule has 0 spiro atoms. The monoisotopic (exact) mass is 470 g/mol. The standard InChI is InChI=1S/C24H20F2N2O6/c1-14(24(31)27-11-17-3-2-8-32-17)28-19-9-15(4-6-22(19)34-13-23(28)30)20(29)12-33-21-7-5-16(25)10-18(21)26/h2-10,14H,11-13H2,1H3,(H,27,31). The molecule has 2 aromatic carbocycles. The lowest BCUT2D eigenvalue weighted by Crippen LogP contribution is -2.51. The molecule has 1 aliphatic heterocycles. The molecular weight excluding hydrogens is 450 g/mol. The Morgan fingerprint density at radius 3 is 2.74 bits per heavy atom. The van der Waals surface area contributed by atoms with Gasteiger partial charge in [-0.2, -0.15) is 0 Å². The van der Waals surface area contributed by atoms with Gasteiger partial charge >= 0.3 is 0 Å². The molecule has 0 saturated heterocycles. The zero-order valence-corrected chi connectivity index (χ0v) is 18.0. The molecule has 1 N–H and O–H groups in total. The average Bonchev–Trinajstić information content (AvgIpc) is 3.34. The van der Waals surface area contributed by atoms with E-state index < -0.39 is 41.9 Å². The van der Waals surface area contributed by atoms with Crippen molar-refractivity contribution in [1.29, 1.82) is 0 Å². The van der Waals surface area contributed by atoms with Gasteiger partial charge in [-0.15, -0.1) is 0 Å². The van der Waals surface area contributed by atoms with Crippen LogP contribution in [0.5, 0.6) is 11.5 Å². The molecule has 0 saturated carbocycles. The zero-order valence-electron chi connectivity index (χ0n) is 18.0. The summed E-state index contributed by atoms with van der Waals surface area (Å²) in [7, 11) is 0. The summed E-state index contributed by atoms with van der Waals surface area (Å²) >= 11 is 0. The van der Waals surface area contributed by atoms with Gasteiger partial charge in [-0.25, -0.2) is 8.78 Å². The van der Waals surface area contributed by atoms with Crippen molar-refractivity contribution in [3.8, 4) is 11.5 Å². The van der Waals surface area contributed by atoms with Gasteiger partial charge in [0.25, 0.3) is 5.91 Å². The Kier molecular flexibility index (Phi) is 6.58. The summed E-state index contributed by atoms with van der Waals surface area (Å²) in [6.45, 7) is 0.926. The summed E-state index contributed by atoms with van der Waals surface area (Å²) in [5.41, 5.74) is 0.406. The minimum Gasteiger partial charge on any atom is -0.482 e. The number of fused-ring (bicyclic) bond motifs is 1. The van der Waals surface area contributed by atoms with Crippen LogP contribution in [0.4, 0.5) is 14.5 Å². The Labute approximate surface area is 193 Å². The first-order valence-corrected chi connectivity index (χ1v) is 10.3. The Morgan fingerprint density at radius 1 is 1.18 bits per heavy atom. The van der Waals surface area contributed by atoms with E-state index in [0.29, 0.717) is 17.6 Å². The van der Waals surface area contributed by atoms with E-state index in [9.17, 15) is 23.2 Å². The third kappa shape index (κ3) is 4.90. The molecule has 1 aliphatic rings. The Morgan fingerprint density at radius 2 is 2.00 bits per heavy atom. The van der Waals surface area contributed by atoms with Gasteiger partial charge in [-0.05, 0) is 49.4 Å². The molecule has 4 rings (SSSR count). The summed E-state index contributed by atoms with van der Waals surface area (Å²) in [4.78, 5) is 39.2. The van der Waals surface area contributed by atoms with Gasteiger partial charge in [0.2, 0.25) is 5.91 Å². The molecule has 1 unspecified atom stereocenters. The van der Waals surface area contributed by atoms with Crippen molar-refractivity contribution in [3.05, 3.63) is 77.8 Å². The maximum absolute atomic E-state index is 13.8. The van der Waals surface area contributed by atoms with Crippen LogP contribution in [0, 0.1) is 11.6 Å². The number of nitrogens with one attached hydrogen (secondary N) is 1. The number of rotatable bonds is 8. The van der Waals surface area contributed by atoms with E-state index in [1.54, 1.807) is 19.1 Å². The largest absolute Gasteiger partial charge is 0.482 e. The molecule has 3 aromatic rings. The summed E-state index contributed by atoms with van der Waals surface area (Å²) in [6, 6.07) is 9.64. The van der Waals surface area contributed by atoms with Gasteiger partial charge in [0, 0.05) is 11.6 Å². The number of ketones is 1. The van der Waals surface area contributed by atoms with Crippen LogP contribution < -0.4 is 19.7 Å². The number of hydrogen-bond acceptors (Lipinski definition) is 6. The molecule has 0 radical (unpaired) electrons. The van der Waals surface area contributed by atoms with Gasteiger partial charge in [-0.3, -0.25) is 19.3 Å². The summed E-state index contributed by atoms with van der Waals surface area (Å²) in [6.07, 6.45) is 1.49. The first-order valence-electron chi connectivity index (χ1n) is 10.3. The molecule has 0 aliphatic carbocycles. The zero-order chi connectivity index (χ0) is 24.2. The molecular formula is C24H20F2N2O6. The highest BCUT2D eigenvalue weighted by Gasteiger charge is 2.33. The van der Waals surface area contributed by atoms with Gasteiger partial charge in [-0.1, -0.05) is 0 Å². The van der Waals surface area contributed by atoms with Crippen molar-refractivity contribution in [3.63, 3.8) is 0 Å². The second kappa shape index (κ2) is 9.74. The molecule has 1 aromatic heterocycles. The predicted molar refractivity (Wildman–Crippen MR) is 116 cm³/mol. The number of hydrogen-bond donors (Lipinski definition) is 1. The maximum Gasteiger partial charge on any atom is 0.265 e. The number of Topliss-reactive ketones (excluding diaryl/α,β-unsaturated/α-hetero) is 1. The van der Waals surface area contributed by atoms with Crippen molar-refractivity contribution >= 4 is 23.3 Å². The van der Waals surface area contributed by atoms with E-state index in [1.807, 2.05) is 0 Å². The Balaban J connectivity index is 1.49. The van der Waals surface area contributed by atoms with Crippen LogP contribution in [0.1, 0.15) is 23.0 Å². The van der Waals surface area contributed by atoms with E-state index in [2.05, 4.69) is 5.32 Å². The van der Waals surface area contributed by atoms with Crippen LogP contribution in [0.3, 0.4) is 0 Å². The summed E-state index contributed by atoms with van der Waals surface area (Å²) in [5, 5.41) is 2.70. The van der Waals surface area contributed by atoms with Crippen molar-refractivity contribution in [1.82, 2.24) is 5.32 Å². The number of anilines is 1. The minimum atomic E-state index is -0.933. The summed E-state index contributed by atoms with van der Waals surface area (Å²) in [5.74, 6) is -2.48. The fourth-order valence-electron chi connectivity index (χ4n) is 3.44. The van der Waals surface area contributed by atoms with Gasteiger partial charge in [0.1, 0.15) is 23.4 Å². The third-order valence-corrected chi connectivity index (χ3v) is 5.20. The maximum atomic E-state index is 13.8. The lowest BCUT2D eigenvalue weighted by molar-refractivity contribution is -0.127. The molecule has 1 atom stereocenters. The smallest absolute Gasteiger partial charge is 0.265 e. The van der Waals surface area contributed by atoms with Crippen LogP contribution in [0.2, 0.25) is 0 Å². The van der Waals surface area contributed by atoms with Crippen molar-refractivity contribution in [2.45, 2.75) is 19.5 Å². The number of ether oxygens (including phenoxy) is 2. The molecule has 0 fully saturated rings. The van der Waals surface area contributed by atoms with E-state index >= 15 is 0 Å². The van der Waals surface area contributed by atoms with E-state index in [4.69, 9.17) is 13.9 Å². The fraction of sp³-hybridized carbons (Fsp3) is 0.208. The lowest BCUT2D eigenvalue weighted by atomic mass is 10.1. The highest BCUT2D eigenvalue weighted by atomic mass is 19.1. The molecule has 8 nitrogen and oxygen atoms in total. The first kappa shape index (κ1) is 23.0. The van der Waals surface area contributed by atoms with Crippen LogP contribution in [0.25, 0.3) is 0 Å². The van der Waals surface area contributed by atoms with Gasteiger partial charge in [0.15, 0.2) is 30.6 Å². The Bertz CT molecular complexity index is 1230. The predicted octanol–water partition coefficient (Wildman–Crippen LogP) is 3.25. The number of halogens is 2. The second-order valence-electron chi connectivity index (χ2n) is 7.49. The molecule has 10 heteroatoms. The quantitative estimate of drug-likeness (QED) is 0.508. The number of carbonyl (C=O) groups is 3. The van der Waals surface area contributed by atoms with Crippen molar-refractivity contribution in [2.24, 2.45) is 0 Å². The van der Waals surface area contributed by atoms with E-state index in [-0.39, 0.29) is 30.2 Å². The van der Waals surface area contributed by atoms with E-state index in [0.717, 1.165) is 12.1 Å². The number of nitrogens with zero attached hydrogens (tertiary/aromatic N) is 1. The second-order valence-corrected chi connectivity index (χ2v) is 7.49. The number of carbonyl (C=O) groups excluding carboxylic acids is 3. The van der Waals surface area contributed by atoms with Crippen molar-refractivity contribution < 1.29 is 37.1 Å². The van der Waals surface area contributed by atoms with Crippen molar-refractivity contribution in [2.75, 3.05) is 18.1 Å². The highest BCUT2D eigenvalue weighted by molar-refractivity contribution is 6.05. The number of amides is 2. The SMILES string of the molecule is CC(C(=O)NCc1ccco1)N1C(=O)COc2ccc(C(=O)COc3ccc(F)cc3F)cc21. The molecule has 176 valence electrons. The minimum absolute atomic E-state index is 0.150. The first-order chi connectivity index (χ1) is 16.3. The van der Waals surface area contributed by atoms with E-state index in [1.165, 1.54) is 29.4 Å². The molecule has 2 amide bonds. The lowest BCUT2D eigenvalue weighted by Gasteiger charge is -2.33. The highest BCUT2D eigenvalue weighted by Crippen LogP contribution is 2.34. The van der Waals surface area contributed by atoms with Crippen LogP contribution in [-0.2, 0) is 16.1 Å². The van der Waals surface area contributed by atoms with Gasteiger partial charge in [0.05, 0.1) is 18.5 Å². The number of benzene rings is 2. The van der Waals surface area contributed by atoms with Crippen LogP contribution >= 0.6 is 0 Å². The average molecular weight is 470 g/mol. The summed E-state index contributed by atoms with van der Waals surface area (Å²) < 4.78 is 42.6. The number of furan rings is 1. The Hall–Kier alpha value is -4.21. The normalized spacial score (nSPS) is 13.6. The topological polar surface area (TPSA) is 98.1 Å². The third-order valence-electron chi connectivity index (χ3n) is 5.20. The molecule has 0 bridgehead atoms. The van der Waals surface area contributed by atoms with Gasteiger partial charge < -0.3 is 19.2 Å². The van der Waals surface area contributed by atoms with Crippen LogP contribution in [0.15, 0.2) is 59.2 Å². The molecule has 2 heterocycles. The molecule has 34 heavy (non-hydrogen) atoms. The fourth-order valence-corrected chi connectivity index (χ4v) is 3.44. The van der Waals surface area contributed by atoms with Crippen LogP contribution in [-0.4, -0.2) is 36.9 Å².